The molecule has 5 heteroatoms. The van der Waals surface area contributed by atoms with Crippen molar-refractivity contribution < 1.29 is 13.9 Å². The summed E-state index contributed by atoms with van der Waals surface area (Å²) in [6, 6.07) is 0. The molecule has 82 valence electrons. The molecule has 4 nitrogen and oxygen atoms in total. The minimum atomic E-state index is -2.77. The molecule has 0 rings (SSSR count). The van der Waals surface area contributed by atoms with E-state index in [1.807, 2.05) is 0 Å². The van der Waals surface area contributed by atoms with Crippen LogP contribution in [-0.4, -0.2) is 31.8 Å². The first-order valence-electron chi connectivity index (χ1n) is 4.74. The van der Waals surface area contributed by atoms with Crippen molar-refractivity contribution in [3.63, 3.8) is 0 Å². The Morgan fingerprint density at radius 3 is 2.38 bits per heavy atom. The van der Waals surface area contributed by atoms with E-state index in [1.165, 1.54) is 7.11 Å². The third-order valence-electron chi connectivity index (χ3n) is 1.85. The minimum absolute atomic E-state index is 0.581. The van der Waals surface area contributed by atoms with Crippen molar-refractivity contribution in [2.45, 2.75) is 25.7 Å². The van der Waals surface area contributed by atoms with Crippen LogP contribution in [0.3, 0.4) is 0 Å². The molecule has 0 fully saturated rings. The second-order valence-electron chi connectivity index (χ2n) is 3.15. The Morgan fingerprint density at radius 2 is 1.85 bits per heavy atom. The molecule has 0 aromatic rings. The molecular weight excluding hydrogens is 189 g/mol. The Bertz CT molecular complexity index is 122. The van der Waals surface area contributed by atoms with Crippen molar-refractivity contribution in [1.29, 1.82) is 0 Å². The van der Waals surface area contributed by atoms with E-state index in [0.717, 1.165) is 32.2 Å². The van der Waals surface area contributed by atoms with Gasteiger partial charge in [0.25, 0.3) is 0 Å². The fourth-order valence-electron chi connectivity index (χ4n) is 0.920. The second-order valence-corrected chi connectivity index (χ2v) is 5.65. The van der Waals surface area contributed by atoms with Gasteiger partial charge in [0.15, 0.2) is 0 Å². The SMILES string of the molecule is CO[PH](C)(O)OCCCCCCN. The molecule has 0 aromatic heterocycles. The standard InChI is InChI=1S/C8H22NO3P/c1-11-13(2,10)12-8-6-4-3-5-7-9/h10,13H,3-9H2,1-2H3. The number of unbranched alkanes of at least 4 members (excludes halogenated alkanes) is 3. The van der Waals surface area contributed by atoms with Crippen LogP contribution in [0.2, 0.25) is 0 Å². The molecule has 0 heterocycles. The van der Waals surface area contributed by atoms with E-state index in [0.29, 0.717) is 6.61 Å². The van der Waals surface area contributed by atoms with E-state index in [2.05, 4.69) is 0 Å². The molecule has 0 aliphatic carbocycles. The molecule has 0 amide bonds. The molecule has 0 saturated heterocycles. The Morgan fingerprint density at radius 1 is 1.23 bits per heavy atom. The molecule has 0 radical (unpaired) electrons. The monoisotopic (exact) mass is 211 g/mol. The summed E-state index contributed by atoms with van der Waals surface area (Å²) in [5.74, 6) is 0. The summed E-state index contributed by atoms with van der Waals surface area (Å²) in [4.78, 5) is 9.40. The summed E-state index contributed by atoms with van der Waals surface area (Å²) in [7, 11) is -1.30. The van der Waals surface area contributed by atoms with E-state index >= 15 is 0 Å². The van der Waals surface area contributed by atoms with Gasteiger partial charge in [0.05, 0.1) is 0 Å². The number of hydrogen-bond acceptors (Lipinski definition) is 4. The van der Waals surface area contributed by atoms with Crippen LogP contribution in [0.15, 0.2) is 0 Å². The average Bonchev–Trinajstić information content (AvgIpc) is 2.11. The van der Waals surface area contributed by atoms with Crippen LogP contribution in [0.5, 0.6) is 0 Å². The maximum absolute atomic E-state index is 9.40. The average molecular weight is 211 g/mol. The topological polar surface area (TPSA) is 64.7 Å². The number of nitrogens with two attached hydrogens (primary N) is 1. The van der Waals surface area contributed by atoms with E-state index < -0.39 is 7.94 Å². The van der Waals surface area contributed by atoms with Gasteiger partial charge in [0.2, 0.25) is 0 Å². The van der Waals surface area contributed by atoms with E-state index in [1.54, 1.807) is 6.66 Å². The molecule has 0 atom stereocenters. The molecule has 0 aliphatic rings. The van der Waals surface area contributed by atoms with Gasteiger partial charge >= 0.3 is 80.2 Å². The van der Waals surface area contributed by atoms with Crippen molar-refractivity contribution in [2.75, 3.05) is 26.9 Å². The first kappa shape index (κ1) is 13.3. The van der Waals surface area contributed by atoms with Gasteiger partial charge in [-0.3, -0.25) is 0 Å². The molecular formula is C8H22NO3P. The summed E-state index contributed by atoms with van der Waals surface area (Å²) in [5.41, 5.74) is 5.35. The van der Waals surface area contributed by atoms with Gasteiger partial charge in [-0.05, 0) is 0 Å². The van der Waals surface area contributed by atoms with Crippen molar-refractivity contribution in [2.24, 2.45) is 5.73 Å². The zero-order valence-electron chi connectivity index (χ0n) is 8.58. The summed E-state index contributed by atoms with van der Waals surface area (Å²) >= 11 is 0. The van der Waals surface area contributed by atoms with Crippen molar-refractivity contribution in [3.05, 3.63) is 0 Å². The Kier molecular flexibility index (Phi) is 7.81. The second kappa shape index (κ2) is 7.65. The predicted octanol–water partition coefficient (Wildman–Crippen LogP) is 1.29. The zero-order chi connectivity index (χ0) is 10.2. The first-order valence-corrected chi connectivity index (χ1v) is 7.00. The van der Waals surface area contributed by atoms with Crippen LogP contribution < -0.4 is 5.73 Å². The fraction of sp³-hybridized carbons (Fsp3) is 1.00. The van der Waals surface area contributed by atoms with Gasteiger partial charge in [0, 0.05) is 0 Å². The van der Waals surface area contributed by atoms with Crippen molar-refractivity contribution in [1.82, 2.24) is 0 Å². The molecule has 0 aliphatic heterocycles. The van der Waals surface area contributed by atoms with E-state index in [-0.39, 0.29) is 0 Å². The summed E-state index contributed by atoms with van der Waals surface area (Å²) in [6.07, 6.45) is 4.27. The van der Waals surface area contributed by atoms with Gasteiger partial charge < -0.3 is 0 Å². The van der Waals surface area contributed by atoms with Crippen LogP contribution >= 0.6 is 7.94 Å². The van der Waals surface area contributed by atoms with Crippen LogP contribution in [0.1, 0.15) is 25.7 Å². The molecule has 0 bridgehead atoms. The van der Waals surface area contributed by atoms with E-state index in [9.17, 15) is 4.89 Å². The van der Waals surface area contributed by atoms with Crippen molar-refractivity contribution in [3.8, 4) is 0 Å². The van der Waals surface area contributed by atoms with Gasteiger partial charge in [-0.2, -0.15) is 0 Å². The van der Waals surface area contributed by atoms with Crippen LogP contribution in [-0.2, 0) is 9.05 Å². The normalized spacial score (nSPS) is 13.2. The predicted molar refractivity (Wildman–Crippen MR) is 56.9 cm³/mol. The molecule has 13 heavy (non-hydrogen) atoms. The molecule has 3 N–H and O–H groups in total. The number of hydrogen-bond donors (Lipinski definition) is 2. The van der Waals surface area contributed by atoms with Gasteiger partial charge in [0.1, 0.15) is 0 Å². The third kappa shape index (κ3) is 8.60. The Labute approximate surface area is 81.0 Å². The Hall–Kier alpha value is 0.270. The van der Waals surface area contributed by atoms with Gasteiger partial charge in [-0.1, -0.05) is 0 Å². The molecule has 0 aromatic carbocycles. The quantitative estimate of drug-likeness (QED) is 0.469. The van der Waals surface area contributed by atoms with Gasteiger partial charge in [-0.25, -0.2) is 0 Å². The summed E-state index contributed by atoms with van der Waals surface area (Å²) in [6.45, 7) is 2.95. The van der Waals surface area contributed by atoms with Crippen LogP contribution in [0.4, 0.5) is 0 Å². The fourth-order valence-corrected chi connectivity index (χ4v) is 1.56. The number of rotatable bonds is 8. The van der Waals surface area contributed by atoms with E-state index in [4.69, 9.17) is 14.8 Å². The molecule has 0 saturated carbocycles. The summed E-state index contributed by atoms with van der Waals surface area (Å²) < 4.78 is 10.0. The maximum atomic E-state index is 9.40. The van der Waals surface area contributed by atoms with Crippen LogP contribution in [0.25, 0.3) is 0 Å². The third-order valence-corrected chi connectivity index (χ3v) is 3.34. The molecule has 0 spiro atoms. The summed E-state index contributed by atoms with van der Waals surface area (Å²) in [5, 5.41) is 0. The van der Waals surface area contributed by atoms with Gasteiger partial charge in [-0.15, -0.1) is 0 Å². The first-order chi connectivity index (χ1) is 6.12. The van der Waals surface area contributed by atoms with Crippen LogP contribution in [0, 0.1) is 0 Å². The molecule has 0 unspecified atom stereocenters. The Balaban J connectivity index is 3.16. The zero-order valence-corrected chi connectivity index (χ0v) is 9.58. The van der Waals surface area contributed by atoms with Crippen molar-refractivity contribution >= 4 is 7.94 Å².